The van der Waals surface area contributed by atoms with Gasteiger partial charge in [0.15, 0.2) is 5.84 Å². The summed E-state index contributed by atoms with van der Waals surface area (Å²) in [6.45, 7) is 2.90. The molecule has 1 aromatic rings. The molecule has 0 bridgehead atoms. The first kappa shape index (κ1) is 11.7. The minimum Gasteiger partial charge on any atom is -0.409 e. The summed E-state index contributed by atoms with van der Waals surface area (Å²) in [4.78, 5) is 2.01. The number of nitrogens with zero attached hydrogens (tertiary/aromatic N) is 2. The zero-order valence-electron chi connectivity index (χ0n) is 8.74. The van der Waals surface area contributed by atoms with E-state index < -0.39 is 0 Å². The van der Waals surface area contributed by atoms with E-state index in [4.69, 9.17) is 22.5 Å². The summed E-state index contributed by atoms with van der Waals surface area (Å²) in [5.41, 5.74) is 6.98. The van der Waals surface area contributed by atoms with Crippen LogP contribution in [0.1, 0.15) is 12.5 Å². The van der Waals surface area contributed by atoms with Crippen LogP contribution in [0.3, 0.4) is 0 Å². The molecule has 0 saturated carbocycles. The molecule has 0 radical (unpaired) electrons. The molecule has 3 N–H and O–H groups in total. The molecule has 0 heterocycles. The summed E-state index contributed by atoms with van der Waals surface area (Å²) in [6, 6.07) is 5.29. The molecule has 0 atom stereocenters. The van der Waals surface area contributed by atoms with Gasteiger partial charge in [0.05, 0.1) is 10.7 Å². The van der Waals surface area contributed by atoms with Crippen LogP contribution in [0.25, 0.3) is 0 Å². The third kappa shape index (κ3) is 2.53. The van der Waals surface area contributed by atoms with Crippen molar-refractivity contribution in [2.24, 2.45) is 10.9 Å². The predicted molar refractivity (Wildman–Crippen MR) is 62.9 cm³/mol. The van der Waals surface area contributed by atoms with Crippen LogP contribution in [0.5, 0.6) is 0 Å². The van der Waals surface area contributed by atoms with Crippen LogP contribution in [0.15, 0.2) is 23.4 Å². The average Bonchev–Trinajstić information content (AvgIpc) is 2.26. The van der Waals surface area contributed by atoms with Gasteiger partial charge >= 0.3 is 0 Å². The Kier molecular flexibility index (Phi) is 3.80. The standard InChI is InChI=1S/C10H14ClN3O/c1-3-14(2)9-5-4-7(6-8(9)11)10(12)13-15/h4-6,15H,3H2,1-2H3,(H2,12,13). The topological polar surface area (TPSA) is 61.8 Å². The Morgan fingerprint density at radius 2 is 2.27 bits per heavy atom. The number of nitrogens with two attached hydrogens (primary N) is 1. The second kappa shape index (κ2) is 4.89. The maximum Gasteiger partial charge on any atom is 0.170 e. The zero-order chi connectivity index (χ0) is 11.4. The summed E-state index contributed by atoms with van der Waals surface area (Å²) >= 11 is 6.07. The molecule has 1 rings (SSSR count). The van der Waals surface area contributed by atoms with Gasteiger partial charge in [-0.3, -0.25) is 0 Å². The highest BCUT2D eigenvalue weighted by atomic mass is 35.5. The fourth-order valence-electron chi connectivity index (χ4n) is 1.20. The van der Waals surface area contributed by atoms with Crippen molar-refractivity contribution >= 4 is 23.1 Å². The van der Waals surface area contributed by atoms with Crippen LogP contribution in [0.4, 0.5) is 5.69 Å². The molecule has 0 fully saturated rings. The molecule has 0 amide bonds. The third-order valence-electron chi connectivity index (χ3n) is 2.24. The van der Waals surface area contributed by atoms with Gasteiger partial charge in [0.2, 0.25) is 0 Å². The number of oxime groups is 1. The van der Waals surface area contributed by atoms with Crippen molar-refractivity contribution in [1.82, 2.24) is 0 Å². The molecular weight excluding hydrogens is 214 g/mol. The molecule has 1 aromatic carbocycles. The van der Waals surface area contributed by atoms with E-state index in [1.807, 2.05) is 24.9 Å². The minimum absolute atomic E-state index is 0.0580. The van der Waals surface area contributed by atoms with E-state index in [1.165, 1.54) is 0 Å². The number of hydrogen-bond donors (Lipinski definition) is 2. The molecule has 0 aliphatic carbocycles. The Labute approximate surface area is 93.9 Å². The monoisotopic (exact) mass is 227 g/mol. The lowest BCUT2D eigenvalue weighted by Gasteiger charge is -2.18. The molecule has 82 valence electrons. The van der Waals surface area contributed by atoms with E-state index >= 15 is 0 Å². The fourth-order valence-corrected chi connectivity index (χ4v) is 1.53. The maximum absolute atomic E-state index is 8.51. The van der Waals surface area contributed by atoms with Crippen molar-refractivity contribution in [1.29, 1.82) is 0 Å². The second-order valence-electron chi connectivity index (χ2n) is 3.17. The van der Waals surface area contributed by atoms with Gasteiger partial charge < -0.3 is 15.8 Å². The van der Waals surface area contributed by atoms with Crippen molar-refractivity contribution < 1.29 is 5.21 Å². The lowest BCUT2D eigenvalue weighted by molar-refractivity contribution is 0.318. The fraction of sp³-hybridized carbons (Fsp3) is 0.300. The van der Waals surface area contributed by atoms with Crippen molar-refractivity contribution in [3.05, 3.63) is 28.8 Å². The van der Waals surface area contributed by atoms with Gasteiger partial charge in [-0.2, -0.15) is 0 Å². The number of rotatable bonds is 3. The highest BCUT2D eigenvalue weighted by molar-refractivity contribution is 6.33. The van der Waals surface area contributed by atoms with Gasteiger partial charge in [-0.1, -0.05) is 16.8 Å². The SMILES string of the molecule is CCN(C)c1ccc(C(N)=NO)cc1Cl. The highest BCUT2D eigenvalue weighted by Gasteiger charge is 2.07. The first-order valence-electron chi connectivity index (χ1n) is 4.58. The van der Waals surface area contributed by atoms with E-state index in [0.717, 1.165) is 12.2 Å². The van der Waals surface area contributed by atoms with Gasteiger partial charge in [-0.05, 0) is 25.1 Å². The first-order valence-corrected chi connectivity index (χ1v) is 4.96. The smallest absolute Gasteiger partial charge is 0.170 e. The van der Waals surface area contributed by atoms with E-state index in [9.17, 15) is 0 Å². The first-order chi connectivity index (χ1) is 7.10. The molecule has 0 aliphatic heterocycles. The molecule has 4 nitrogen and oxygen atoms in total. The number of halogens is 1. The van der Waals surface area contributed by atoms with Crippen LogP contribution < -0.4 is 10.6 Å². The normalized spacial score (nSPS) is 11.5. The lowest BCUT2D eigenvalue weighted by atomic mass is 10.2. The van der Waals surface area contributed by atoms with E-state index in [-0.39, 0.29) is 5.84 Å². The molecule has 5 heteroatoms. The zero-order valence-corrected chi connectivity index (χ0v) is 9.49. The Balaban J connectivity index is 3.08. The van der Waals surface area contributed by atoms with Crippen molar-refractivity contribution in [2.45, 2.75) is 6.92 Å². The van der Waals surface area contributed by atoms with E-state index in [0.29, 0.717) is 10.6 Å². The summed E-state index contributed by atoms with van der Waals surface area (Å²) < 4.78 is 0. The van der Waals surface area contributed by atoms with Crippen LogP contribution >= 0.6 is 11.6 Å². The minimum atomic E-state index is 0.0580. The van der Waals surface area contributed by atoms with Gasteiger partial charge in [0.1, 0.15) is 0 Å². The Bertz CT molecular complexity index is 379. The molecule has 0 saturated heterocycles. The Hall–Kier alpha value is -1.42. The summed E-state index contributed by atoms with van der Waals surface area (Å²) in [5.74, 6) is 0.0580. The van der Waals surface area contributed by atoms with Crippen LogP contribution in [-0.2, 0) is 0 Å². The van der Waals surface area contributed by atoms with Gasteiger partial charge in [-0.25, -0.2) is 0 Å². The van der Waals surface area contributed by atoms with E-state index in [1.54, 1.807) is 12.1 Å². The third-order valence-corrected chi connectivity index (χ3v) is 2.54. The summed E-state index contributed by atoms with van der Waals surface area (Å²) in [6.07, 6.45) is 0. The number of anilines is 1. The number of hydrogen-bond acceptors (Lipinski definition) is 3. The van der Waals surface area contributed by atoms with E-state index in [2.05, 4.69) is 5.16 Å². The lowest BCUT2D eigenvalue weighted by Crippen LogP contribution is -2.17. The maximum atomic E-state index is 8.51. The Morgan fingerprint density at radius 1 is 1.60 bits per heavy atom. The quantitative estimate of drug-likeness (QED) is 0.359. The van der Waals surface area contributed by atoms with Crippen molar-refractivity contribution in [3.8, 4) is 0 Å². The highest BCUT2D eigenvalue weighted by Crippen LogP contribution is 2.25. The van der Waals surface area contributed by atoms with Crippen molar-refractivity contribution in [3.63, 3.8) is 0 Å². The summed E-state index contributed by atoms with van der Waals surface area (Å²) in [7, 11) is 1.95. The molecule has 15 heavy (non-hydrogen) atoms. The number of benzene rings is 1. The molecule has 0 unspecified atom stereocenters. The molecular formula is C10H14ClN3O. The molecule has 0 spiro atoms. The van der Waals surface area contributed by atoms with Gasteiger partial charge in [0.25, 0.3) is 0 Å². The predicted octanol–water partition coefficient (Wildman–Crippen LogP) is 1.89. The van der Waals surface area contributed by atoms with Crippen molar-refractivity contribution in [2.75, 3.05) is 18.5 Å². The van der Waals surface area contributed by atoms with Crippen LogP contribution in [0.2, 0.25) is 5.02 Å². The van der Waals surface area contributed by atoms with Crippen LogP contribution in [-0.4, -0.2) is 24.6 Å². The van der Waals surface area contributed by atoms with Gasteiger partial charge in [0, 0.05) is 19.2 Å². The summed E-state index contributed by atoms with van der Waals surface area (Å²) in [5, 5.41) is 12.0. The molecule has 0 aromatic heterocycles. The molecule has 0 aliphatic rings. The van der Waals surface area contributed by atoms with Gasteiger partial charge in [-0.15, -0.1) is 0 Å². The number of amidine groups is 1. The van der Waals surface area contributed by atoms with Crippen LogP contribution in [0, 0.1) is 0 Å². The second-order valence-corrected chi connectivity index (χ2v) is 3.57. The largest absolute Gasteiger partial charge is 0.409 e. The Morgan fingerprint density at radius 3 is 2.73 bits per heavy atom. The average molecular weight is 228 g/mol.